The van der Waals surface area contributed by atoms with Crippen molar-refractivity contribution in [3.63, 3.8) is 0 Å². The zero-order valence-electron chi connectivity index (χ0n) is 13.8. The Morgan fingerprint density at radius 1 is 1.04 bits per heavy atom. The van der Waals surface area contributed by atoms with Gasteiger partial charge in [0, 0.05) is 18.3 Å². The lowest BCUT2D eigenvalue weighted by Gasteiger charge is -2.17. The molecule has 1 aliphatic heterocycles. The second-order valence-corrected chi connectivity index (χ2v) is 6.68. The van der Waals surface area contributed by atoms with Crippen LogP contribution in [-0.2, 0) is 9.59 Å². The Morgan fingerprint density at radius 3 is 2.32 bits per heavy atom. The molecule has 2 aromatic rings. The summed E-state index contributed by atoms with van der Waals surface area (Å²) in [4.78, 5) is 37.2. The molecule has 6 nitrogen and oxygen atoms in total. The number of para-hydroxylation sites is 1. The van der Waals surface area contributed by atoms with E-state index in [1.807, 2.05) is 19.1 Å². The van der Waals surface area contributed by atoms with E-state index < -0.39 is 5.37 Å². The van der Waals surface area contributed by atoms with Crippen LogP contribution < -0.4 is 15.5 Å². The molecule has 1 atom stereocenters. The van der Waals surface area contributed by atoms with E-state index in [0.717, 1.165) is 17.3 Å². The molecule has 0 bridgehead atoms. The maximum absolute atomic E-state index is 12.7. The van der Waals surface area contributed by atoms with E-state index in [9.17, 15) is 14.4 Å². The minimum Gasteiger partial charge on any atom is -0.365 e. The summed E-state index contributed by atoms with van der Waals surface area (Å²) >= 11 is 0.952. The van der Waals surface area contributed by atoms with Crippen molar-refractivity contribution < 1.29 is 14.4 Å². The molecule has 1 aliphatic rings. The fourth-order valence-corrected chi connectivity index (χ4v) is 3.43. The molecule has 25 heavy (non-hydrogen) atoms. The Morgan fingerprint density at radius 2 is 1.68 bits per heavy atom. The number of anilines is 3. The third-order valence-electron chi connectivity index (χ3n) is 3.71. The lowest BCUT2D eigenvalue weighted by atomic mass is 10.2. The van der Waals surface area contributed by atoms with E-state index in [4.69, 9.17) is 0 Å². The predicted octanol–water partition coefficient (Wildman–Crippen LogP) is 3.59. The normalized spacial score (nSPS) is 16.9. The molecule has 0 radical (unpaired) electrons. The van der Waals surface area contributed by atoms with Crippen LogP contribution in [0, 0.1) is 6.92 Å². The van der Waals surface area contributed by atoms with Gasteiger partial charge in [-0.05, 0) is 54.6 Å². The molecule has 1 saturated heterocycles. The molecule has 1 fully saturated rings. The second-order valence-electron chi connectivity index (χ2n) is 5.63. The summed E-state index contributed by atoms with van der Waals surface area (Å²) in [6, 6.07) is 14.3. The van der Waals surface area contributed by atoms with Crippen LogP contribution in [0.5, 0.6) is 0 Å². The molecule has 0 spiro atoms. The Bertz CT molecular complexity index is 836. The number of aryl methyl sites for hydroxylation is 1. The molecule has 0 unspecified atom stereocenters. The van der Waals surface area contributed by atoms with Gasteiger partial charge in [-0.25, -0.2) is 4.90 Å². The molecule has 0 aliphatic carbocycles. The molecular formula is C18H17N3O3S. The van der Waals surface area contributed by atoms with Crippen molar-refractivity contribution in [1.29, 1.82) is 0 Å². The number of nitrogens with zero attached hydrogens (tertiary/aromatic N) is 1. The van der Waals surface area contributed by atoms with E-state index in [0.29, 0.717) is 17.1 Å². The molecule has 2 N–H and O–H groups in total. The van der Waals surface area contributed by atoms with Gasteiger partial charge in [-0.2, -0.15) is 0 Å². The van der Waals surface area contributed by atoms with Crippen molar-refractivity contribution >= 4 is 45.9 Å². The Hall–Kier alpha value is -2.80. The zero-order valence-corrected chi connectivity index (χ0v) is 14.6. The summed E-state index contributed by atoms with van der Waals surface area (Å²) < 4.78 is 0. The maximum atomic E-state index is 12.7. The number of rotatable bonds is 4. The minimum atomic E-state index is -0.682. The number of thioether (sulfide) groups is 1. The van der Waals surface area contributed by atoms with Gasteiger partial charge in [-0.1, -0.05) is 18.2 Å². The Labute approximate surface area is 149 Å². The number of amides is 3. The standard InChI is InChI=1S/C18H17N3O3S/c1-11-5-3-4-6-15(11)21-17(23)16(25-18(21)24)20-14-9-7-13(8-10-14)19-12(2)22/h3-10,16,20H,1-2H3,(H,19,22)/t16-/m1/s1. The summed E-state index contributed by atoms with van der Waals surface area (Å²) in [6.45, 7) is 3.30. The molecule has 2 aromatic carbocycles. The highest BCUT2D eigenvalue weighted by Gasteiger charge is 2.41. The van der Waals surface area contributed by atoms with Gasteiger partial charge < -0.3 is 10.6 Å². The Balaban J connectivity index is 1.74. The van der Waals surface area contributed by atoms with Gasteiger partial charge in [0.2, 0.25) is 5.91 Å². The highest BCUT2D eigenvalue weighted by molar-refractivity contribution is 8.16. The fraction of sp³-hybridized carbons (Fsp3) is 0.167. The van der Waals surface area contributed by atoms with Crippen LogP contribution in [0.25, 0.3) is 0 Å². The van der Waals surface area contributed by atoms with E-state index in [1.165, 1.54) is 11.8 Å². The summed E-state index contributed by atoms with van der Waals surface area (Å²) in [5, 5.41) is 4.75. The molecule has 128 valence electrons. The first-order valence-corrected chi connectivity index (χ1v) is 8.58. The summed E-state index contributed by atoms with van der Waals surface area (Å²) in [5.74, 6) is -0.447. The number of carbonyl (C=O) groups is 3. The SMILES string of the molecule is CC(=O)Nc1ccc(N[C@@H]2SC(=O)N(c3ccccc3C)C2=O)cc1. The first-order chi connectivity index (χ1) is 12.0. The first-order valence-electron chi connectivity index (χ1n) is 7.70. The van der Waals surface area contributed by atoms with Crippen LogP contribution in [0.3, 0.4) is 0 Å². The molecule has 0 aromatic heterocycles. The van der Waals surface area contributed by atoms with Crippen LogP contribution in [0.4, 0.5) is 21.9 Å². The molecule has 1 heterocycles. The first kappa shape index (κ1) is 17.0. The third-order valence-corrected chi connectivity index (χ3v) is 4.64. The van der Waals surface area contributed by atoms with Crippen LogP contribution >= 0.6 is 11.8 Å². The fourth-order valence-electron chi connectivity index (χ4n) is 2.54. The van der Waals surface area contributed by atoms with E-state index in [2.05, 4.69) is 10.6 Å². The average Bonchev–Trinajstić information content (AvgIpc) is 2.83. The largest absolute Gasteiger partial charge is 0.365 e. The summed E-state index contributed by atoms with van der Waals surface area (Å²) in [7, 11) is 0. The van der Waals surface area contributed by atoms with Crippen LogP contribution in [0.2, 0.25) is 0 Å². The van der Waals surface area contributed by atoms with Gasteiger partial charge in [0.05, 0.1) is 5.69 Å². The summed E-state index contributed by atoms with van der Waals surface area (Å²) in [5.41, 5.74) is 2.83. The quantitative estimate of drug-likeness (QED) is 0.876. The van der Waals surface area contributed by atoms with Gasteiger partial charge in [0.1, 0.15) is 0 Å². The minimum absolute atomic E-state index is 0.151. The predicted molar refractivity (Wildman–Crippen MR) is 99.8 cm³/mol. The maximum Gasteiger partial charge on any atom is 0.295 e. The molecule has 3 amide bonds. The van der Waals surface area contributed by atoms with Crippen LogP contribution in [0.1, 0.15) is 12.5 Å². The average molecular weight is 355 g/mol. The number of hydrogen-bond donors (Lipinski definition) is 2. The third kappa shape index (κ3) is 3.66. The molecule has 0 saturated carbocycles. The zero-order chi connectivity index (χ0) is 18.0. The van der Waals surface area contributed by atoms with Gasteiger partial charge in [-0.3, -0.25) is 14.4 Å². The van der Waals surface area contributed by atoms with Crippen molar-refractivity contribution in [1.82, 2.24) is 0 Å². The highest BCUT2D eigenvalue weighted by Crippen LogP contribution is 2.34. The molecular weight excluding hydrogens is 338 g/mol. The van der Waals surface area contributed by atoms with E-state index in [1.54, 1.807) is 36.4 Å². The van der Waals surface area contributed by atoms with Crippen molar-refractivity contribution in [3.05, 3.63) is 54.1 Å². The summed E-state index contributed by atoms with van der Waals surface area (Å²) in [6.07, 6.45) is 0. The lowest BCUT2D eigenvalue weighted by Crippen LogP contribution is -2.34. The second kappa shape index (κ2) is 6.98. The number of imide groups is 1. The number of carbonyl (C=O) groups excluding carboxylic acids is 3. The van der Waals surface area contributed by atoms with Crippen molar-refractivity contribution in [3.8, 4) is 0 Å². The topological polar surface area (TPSA) is 78.5 Å². The van der Waals surface area contributed by atoms with Crippen molar-refractivity contribution in [2.45, 2.75) is 19.2 Å². The van der Waals surface area contributed by atoms with E-state index >= 15 is 0 Å². The monoisotopic (exact) mass is 355 g/mol. The van der Waals surface area contributed by atoms with Gasteiger partial charge in [0.25, 0.3) is 11.1 Å². The molecule has 7 heteroatoms. The van der Waals surface area contributed by atoms with E-state index in [-0.39, 0.29) is 17.1 Å². The Kier molecular flexibility index (Phi) is 4.76. The van der Waals surface area contributed by atoms with Crippen molar-refractivity contribution in [2.75, 3.05) is 15.5 Å². The van der Waals surface area contributed by atoms with Crippen LogP contribution in [0.15, 0.2) is 48.5 Å². The van der Waals surface area contributed by atoms with Gasteiger partial charge >= 0.3 is 0 Å². The smallest absolute Gasteiger partial charge is 0.295 e. The number of hydrogen-bond acceptors (Lipinski definition) is 5. The highest BCUT2D eigenvalue weighted by atomic mass is 32.2. The molecule has 3 rings (SSSR count). The number of nitrogens with one attached hydrogen (secondary N) is 2. The van der Waals surface area contributed by atoms with Gasteiger partial charge in [-0.15, -0.1) is 0 Å². The van der Waals surface area contributed by atoms with Crippen LogP contribution in [-0.4, -0.2) is 22.4 Å². The van der Waals surface area contributed by atoms with Gasteiger partial charge in [0.15, 0.2) is 5.37 Å². The lowest BCUT2D eigenvalue weighted by molar-refractivity contribution is -0.116. The number of benzene rings is 2. The van der Waals surface area contributed by atoms with Crippen molar-refractivity contribution in [2.24, 2.45) is 0 Å².